The van der Waals surface area contributed by atoms with Gasteiger partial charge in [0.25, 0.3) is 5.91 Å². The van der Waals surface area contributed by atoms with Crippen LogP contribution in [-0.2, 0) is 0 Å². The Bertz CT molecular complexity index is 813. The summed E-state index contributed by atoms with van der Waals surface area (Å²) in [5.74, 6) is -0.150. The zero-order valence-corrected chi connectivity index (χ0v) is 12.5. The fourth-order valence-corrected chi connectivity index (χ4v) is 3.30. The molecule has 1 amide bonds. The highest BCUT2D eigenvalue weighted by Gasteiger charge is 2.22. The molecule has 0 spiro atoms. The van der Waals surface area contributed by atoms with Gasteiger partial charge in [-0.2, -0.15) is 0 Å². The molecule has 0 saturated heterocycles. The lowest BCUT2D eigenvalue weighted by Gasteiger charge is -2.16. The number of aromatic nitrogens is 2. The van der Waals surface area contributed by atoms with Gasteiger partial charge in [-0.3, -0.25) is 9.78 Å². The largest absolute Gasteiger partial charge is 0.397 e. The minimum Gasteiger partial charge on any atom is -0.397 e. The van der Waals surface area contributed by atoms with Gasteiger partial charge in [0.05, 0.1) is 17.6 Å². The van der Waals surface area contributed by atoms with E-state index < -0.39 is 0 Å². The molecule has 5 nitrogen and oxygen atoms in total. The SMILES string of the molecule is Cc1ccnc2sc(C(=O)N(C)c3cccnc3)c(N)c12. The Balaban J connectivity index is 2.06. The summed E-state index contributed by atoms with van der Waals surface area (Å²) in [5, 5.41) is 0.866. The third kappa shape index (κ3) is 2.23. The van der Waals surface area contributed by atoms with E-state index in [0.29, 0.717) is 10.6 Å². The molecule has 0 aromatic carbocycles. The number of nitrogens with zero attached hydrogens (tertiary/aromatic N) is 3. The number of anilines is 2. The predicted octanol–water partition coefficient (Wildman–Crippen LogP) is 2.86. The van der Waals surface area contributed by atoms with Gasteiger partial charge in [0, 0.05) is 24.8 Å². The number of hydrogen-bond donors (Lipinski definition) is 1. The molecule has 0 aliphatic heterocycles. The lowest BCUT2D eigenvalue weighted by molar-refractivity contribution is 0.0997. The molecule has 3 heterocycles. The monoisotopic (exact) mass is 298 g/mol. The van der Waals surface area contributed by atoms with Crippen LogP contribution in [0.3, 0.4) is 0 Å². The number of carbonyl (C=O) groups excluding carboxylic acids is 1. The minimum atomic E-state index is -0.150. The number of fused-ring (bicyclic) bond motifs is 1. The first kappa shape index (κ1) is 13.5. The Morgan fingerprint density at radius 1 is 1.33 bits per heavy atom. The lowest BCUT2D eigenvalue weighted by Crippen LogP contribution is -2.26. The number of amides is 1. The number of carbonyl (C=O) groups is 1. The van der Waals surface area contributed by atoms with Gasteiger partial charge in [-0.25, -0.2) is 4.98 Å². The quantitative estimate of drug-likeness (QED) is 0.789. The molecule has 3 aromatic rings. The van der Waals surface area contributed by atoms with Crippen molar-refractivity contribution in [1.82, 2.24) is 9.97 Å². The van der Waals surface area contributed by atoms with Crippen LogP contribution >= 0.6 is 11.3 Å². The summed E-state index contributed by atoms with van der Waals surface area (Å²) >= 11 is 1.32. The van der Waals surface area contributed by atoms with Gasteiger partial charge in [-0.05, 0) is 30.7 Å². The fraction of sp³-hybridized carbons (Fsp3) is 0.133. The lowest BCUT2D eigenvalue weighted by atomic mass is 10.1. The Labute approximate surface area is 126 Å². The predicted molar refractivity (Wildman–Crippen MR) is 85.7 cm³/mol. The zero-order chi connectivity index (χ0) is 15.0. The van der Waals surface area contributed by atoms with E-state index in [1.54, 1.807) is 36.6 Å². The second-order valence-electron chi connectivity index (χ2n) is 4.73. The van der Waals surface area contributed by atoms with E-state index in [-0.39, 0.29) is 5.91 Å². The van der Waals surface area contributed by atoms with Crippen LogP contribution in [0.4, 0.5) is 11.4 Å². The van der Waals surface area contributed by atoms with Crippen LogP contribution in [0.1, 0.15) is 15.2 Å². The van der Waals surface area contributed by atoms with Crippen molar-refractivity contribution in [2.45, 2.75) is 6.92 Å². The first-order valence-corrected chi connectivity index (χ1v) is 7.23. The van der Waals surface area contributed by atoms with Gasteiger partial charge in [0.1, 0.15) is 9.71 Å². The van der Waals surface area contributed by atoms with E-state index >= 15 is 0 Å². The van der Waals surface area contributed by atoms with Crippen LogP contribution in [0, 0.1) is 6.92 Å². The highest BCUT2D eigenvalue weighted by Crippen LogP contribution is 2.35. The summed E-state index contributed by atoms with van der Waals surface area (Å²) in [6.45, 7) is 1.96. The van der Waals surface area contributed by atoms with E-state index in [0.717, 1.165) is 21.5 Å². The van der Waals surface area contributed by atoms with Crippen LogP contribution in [0.5, 0.6) is 0 Å². The second kappa shape index (κ2) is 5.14. The maximum atomic E-state index is 12.6. The van der Waals surface area contributed by atoms with Crippen LogP contribution in [-0.4, -0.2) is 22.9 Å². The van der Waals surface area contributed by atoms with E-state index in [4.69, 9.17) is 5.73 Å². The van der Waals surface area contributed by atoms with Crippen LogP contribution in [0.2, 0.25) is 0 Å². The number of rotatable bonds is 2. The van der Waals surface area contributed by atoms with Crippen molar-refractivity contribution in [3.63, 3.8) is 0 Å². The summed E-state index contributed by atoms with van der Waals surface area (Å²) in [4.78, 5) is 23.8. The molecule has 0 aliphatic carbocycles. The number of hydrogen-bond acceptors (Lipinski definition) is 5. The maximum Gasteiger partial charge on any atom is 0.270 e. The van der Waals surface area contributed by atoms with Crippen molar-refractivity contribution >= 4 is 38.8 Å². The summed E-state index contributed by atoms with van der Waals surface area (Å²) < 4.78 is 0. The minimum absolute atomic E-state index is 0.150. The molecule has 0 saturated carbocycles. The summed E-state index contributed by atoms with van der Waals surface area (Å²) in [6.07, 6.45) is 5.04. The zero-order valence-electron chi connectivity index (χ0n) is 11.7. The molecule has 0 radical (unpaired) electrons. The van der Waals surface area contributed by atoms with E-state index in [9.17, 15) is 4.79 Å². The van der Waals surface area contributed by atoms with E-state index in [1.807, 2.05) is 19.1 Å². The summed E-state index contributed by atoms with van der Waals surface area (Å²) in [7, 11) is 1.71. The highest BCUT2D eigenvalue weighted by molar-refractivity contribution is 7.21. The third-order valence-electron chi connectivity index (χ3n) is 3.37. The van der Waals surface area contributed by atoms with Crippen molar-refractivity contribution < 1.29 is 4.79 Å². The summed E-state index contributed by atoms with van der Waals surface area (Å²) in [5.41, 5.74) is 8.42. The Hall–Kier alpha value is -2.47. The van der Waals surface area contributed by atoms with Crippen LogP contribution in [0.15, 0.2) is 36.8 Å². The molecular formula is C15H14N4OS. The van der Waals surface area contributed by atoms with Gasteiger partial charge >= 0.3 is 0 Å². The van der Waals surface area contributed by atoms with Crippen molar-refractivity contribution in [1.29, 1.82) is 0 Å². The third-order valence-corrected chi connectivity index (χ3v) is 4.47. The molecule has 0 fully saturated rings. The van der Waals surface area contributed by atoms with Crippen molar-refractivity contribution in [3.05, 3.63) is 47.2 Å². The first-order valence-electron chi connectivity index (χ1n) is 6.41. The van der Waals surface area contributed by atoms with E-state index in [1.165, 1.54) is 11.3 Å². The van der Waals surface area contributed by atoms with Crippen molar-refractivity contribution in [2.75, 3.05) is 17.7 Å². The number of aryl methyl sites for hydroxylation is 1. The molecule has 0 atom stereocenters. The molecule has 3 aromatic heterocycles. The molecule has 2 N–H and O–H groups in total. The molecule has 0 bridgehead atoms. The standard InChI is InChI=1S/C15H14N4OS/c1-9-5-7-18-14-11(9)12(16)13(21-14)15(20)19(2)10-4-3-6-17-8-10/h3-8H,16H2,1-2H3. The van der Waals surface area contributed by atoms with Crippen molar-refractivity contribution in [2.24, 2.45) is 0 Å². The Morgan fingerprint density at radius 2 is 2.14 bits per heavy atom. The van der Waals surface area contributed by atoms with Gasteiger partial charge in [0.2, 0.25) is 0 Å². The first-order chi connectivity index (χ1) is 10.1. The molecule has 0 aliphatic rings. The van der Waals surface area contributed by atoms with Gasteiger partial charge < -0.3 is 10.6 Å². The topological polar surface area (TPSA) is 72.1 Å². The number of pyridine rings is 2. The average Bonchev–Trinajstić information content (AvgIpc) is 2.85. The second-order valence-corrected chi connectivity index (χ2v) is 5.73. The molecule has 0 unspecified atom stereocenters. The van der Waals surface area contributed by atoms with E-state index in [2.05, 4.69) is 9.97 Å². The van der Waals surface area contributed by atoms with Crippen LogP contribution in [0.25, 0.3) is 10.2 Å². The molecule has 106 valence electrons. The van der Waals surface area contributed by atoms with Crippen molar-refractivity contribution in [3.8, 4) is 0 Å². The molecule has 3 rings (SSSR count). The fourth-order valence-electron chi connectivity index (χ4n) is 2.18. The van der Waals surface area contributed by atoms with Gasteiger partial charge in [0.15, 0.2) is 0 Å². The van der Waals surface area contributed by atoms with Gasteiger partial charge in [-0.15, -0.1) is 11.3 Å². The average molecular weight is 298 g/mol. The van der Waals surface area contributed by atoms with Crippen LogP contribution < -0.4 is 10.6 Å². The molecule has 6 heteroatoms. The number of nitrogens with two attached hydrogens (primary N) is 1. The highest BCUT2D eigenvalue weighted by atomic mass is 32.1. The maximum absolute atomic E-state index is 12.6. The number of nitrogen functional groups attached to an aromatic ring is 1. The Morgan fingerprint density at radius 3 is 2.81 bits per heavy atom. The number of thiophene rings is 1. The molecular weight excluding hydrogens is 284 g/mol. The smallest absolute Gasteiger partial charge is 0.270 e. The summed E-state index contributed by atoms with van der Waals surface area (Å²) in [6, 6.07) is 5.52. The Kier molecular flexibility index (Phi) is 3.31. The normalized spacial score (nSPS) is 10.8. The molecule has 21 heavy (non-hydrogen) atoms. The van der Waals surface area contributed by atoms with Gasteiger partial charge in [-0.1, -0.05) is 0 Å².